The Morgan fingerprint density at radius 2 is 1.78 bits per heavy atom. The van der Waals surface area contributed by atoms with Crippen LogP contribution in [0.1, 0.15) is 5.56 Å². The molecule has 182 valence electrons. The third kappa shape index (κ3) is 4.68. The maximum absolute atomic E-state index is 12.1. The van der Waals surface area contributed by atoms with Crippen LogP contribution in [0.5, 0.6) is 0 Å². The molecule has 0 aliphatic heterocycles. The van der Waals surface area contributed by atoms with E-state index in [2.05, 4.69) is 20.3 Å². The monoisotopic (exact) mass is 501 g/mol. The summed E-state index contributed by atoms with van der Waals surface area (Å²) in [7, 11) is -1.97. The largest absolute Gasteiger partial charge is 0.328 e. The predicted octanol–water partition coefficient (Wildman–Crippen LogP) is 3.16. The summed E-state index contributed by atoms with van der Waals surface area (Å²) in [5, 5.41) is 4.05. The van der Waals surface area contributed by atoms with Crippen molar-refractivity contribution in [3.63, 3.8) is 0 Å². The first-order valence-corrected chi connectivity index (χ1v) is 12.9. The van der Waals surface area contributed by atoms with E-state index in [0.29, 0.717) is 24.0 Å². The van der Waals surface area contributed by atoms with Crippen molar-refractivity contribution in [2.75, 3.05) is 22.9 Å². The number of nitrogens with zero attached hydrogens (tertiary/aromatic N) is 6. The number of hydrogen-bond donors (Lipinski definition) is 1. The number of sulfonamides is 1. The molecule has 0 amide bonds. The van der Waals surface area contributed by atoms with Crippen molar-refractivity contribution in [1.82, 2.24) is 24.1 Å². The van der Waals surface area contributed by atoms with Crippen molar-refractivity contribution < 1.29 is 8.42 Å². The Morgan fingerprint density at radius 1 is 0.972 bits per heavy atom. The second-order valence-electron chi connectivity index (χ2n) is 8.21. The van der Waals surface area contributed by atoms with E-state index < -0.39 is 10.0 Å². The fraction of sp³-hybridized carbons (Fsp3) is 0.120. The number of nitrogens with one attached hydrogen (secondary N) is 1. The minimum Gasteiger partial charge on any atom is -0.328 e. The van der Waals surface area contributed by atoms with Crippen LogP contribution in [0.4, 0.5) is 17.5 Å². The van der Waals surface area contributed by atoms with Crippen LogP contribution in [-0.2, 0) is 16.6 Å². The Labute approximate surface area is 207 Å². The van der Waals surface area contributed by atoms with E-state index in [9.17, 15) is 13.2 Å². The Hall–Kier alpha value is -4.51. The van der Waals surface area contributed by atoms with Crippen molar-refractivity contribution in [2.45, 2.75) is 6.54 Å². The molecule has 4 heterocycles. The Balaban J connectivity index is 1.41. The molecule has 0 saturated heterocycles. The second-order valence-corrected chi connectivity index (χ2v) is 10.2. The number of pyridine rings is 2. The highest BCUT2D eigenvalue weighted by molar-refractivity contribution is 7.92. The van der Waals surface area contributed by atoms with Crippen LogP contribution < -0.4 is 15.2 Å². The molecular formula is C25H23N7O3S. The average Bonchev–Trinajstić information content (AvgIpc) is 3.26. The number of rotatable bonds is 7. The lowest BCUT2D eigenvalue weighted by atomic mass is 10.2. The summed E-state index contributed by atoms with van der Waals surface area (Å²) in [6.45, 7) is 0.378. The van der Waals surface area contributed by atoms with Crippen molar-refractivity contribution in [3.05, 3.63) is 101 Å². The molecule has 0 bridgehead atoms. The first-order valence-electron chi connectivity index (χ1n) is 11.0. The molecule has 11 heteroatoms. The molecular weight excluding hydrogens is 478 g/mol. The molecule has 0 radical (unpaired) electrons. The van der Waals surface area contributed by atoms with Crippen molar-refractivity contribution in [2.24, 2.45) is 0 Å². The SMILES string of the molecule is CN(c1ncccc1Cn1ccc2cnc(Nc3ccc(-n4ccccc4=O)cc3)nc21)S(C)(=O)=O. The van der Waals surface area contributed by atoms with Gasteiger partial charge in [0.25, 0.3) is 5.56 Å². The quantitative estimate of drug-likeness (QED) is 0.364. The number of fused-ring (bicyclic) bond motifs is 1. The van der Waals surface area contributed by atoms with E-state index >= 15 is 0 Å². The van der Waals surface area contributed by atoms with Gasteiger partial charge < -0.3 is 9.88 Å². The van der Waals surface area contributed by atoms with Gasteiger partial charge in [0.2, 0.25) is 16.0 Å². The minimum atomic E-state index is -3.46. The summed E-state index contributed by atoms with van der Waals surface area (Å²) in [4.78, 5) is 25.4. The Kier molecular flexibility index (Phi) is 5.98. The molecule has 0 spiro atoms. The molecule has 0 unspecified atom stereocenters. The third-order valence-corrected chi connectivity index (χ3v) is 6.90. The summed E-state index contributed by atoms with van der Waals surface area (Å²) in [5.41, 5.74) is 2.85. The predicted molar refractivity (Wildman–Crippen MR) is 139 cm³/mol. The van der Waals surface area contributed by atoms with Gasteiger partial charge in [0.1, 0.15) is 11.5 Å². The van der Waals surface area contributed by atoms with Crippen molar-refractivity contribution in [3.8, 4) is 5.69 Å². The summed E-state index contributed by atoms with van der Waals surface area (Å²) < 4.78 is 28.8. The van der Waals surface area contributed by atoms with E-state index in [0.717, 1.165) is 28.6 Å². The van der Waals surface area contributed by atoms with Gasteiger partial charge in [-0.05, 0) is 42.5 Å². The van der Waals surface area contributed by atoms with E-state index in [4.69, 9.17) is 0 Å². The smallest absolute Gasteiger partial charge is 0.255 e. The first-order chi connectivity index (χ1) is 17.3. The second kappa shape index (κ2) is 9.27. The molecule has 1 aromatic carbocycles. The number of benzene rings is 1. The molecule has 4 aromatic heterocycles. The normalized spacial score (nSPS) is 11.5. The highest BCUT2D eigenvalue weighted by Crippen LogP contribution is 2.23. The topological polar surface area (TPSA) is 115 Å². The van der Waals surface area contributed by atoms with Gasteiger partial charge in [0, 0.05) is 60.2 Å². The highest BCUT2D eigenvalue weighted by Gasteiger charge is 2.18. The van der Waals surface area contributed by atoms with Crippen molar-refractivity contribution >= 4 is 38.5 Å². The van der Waals surface area contributed by atoms with Crippen LogP contribution in [0.15, 0.2) is 90.2 Å². The van der Waals surface area contributed by atoms with Gasteiger partial charge in [0.05, 0.1) is 12.8 Å². The molecule has 0 aliphatic carbocycles. The van der Waals surface area contributed by atoms with Crippen LogP contribution >= 0.6 is 0 Å². The zero-order chi connectivity index (χ0) is 25.3. The highest BCUT2D eigenvalue weighted by atomic mass is 32.2. The van der Waals surface area contributed by atoms with Gasteiger partial charge in [-0.15, -0.1) is 0 Å². The lowest BCUT2D eigenvalue weighted by Gasteiger charge is -2.19. The molecule has 0 aliphatic rings. The van der Waals surface area contributed by atoms with Gasteiger partial charge >= 0.3 is 0 Å². The standard InChI is InChI=1S/C25H23N7O3S/c1-30(36(2,34)35)23-19(6-5-13-26-23)17-31-15-12-18-16-27-25(29-24(18)31)28-20-8-10-21(11-9-20)32-14-4-3-7-22(32)33/h3-16H,17H2,1-2H3,(H,27,28,29). The van der Waals surface area contributed by atoms with E-state index in [1.807, 2.05) is 47.2 Å². The number of hydrogen-bond acceptors (Lipinski definition) is 7. The van der Waals surface area contributed by atoms with Gasteiger partial charge in [0.15, 0.2) is 0 Å². The zero-order valence-corrected chi connectivity index (χ0v) is 20.4. The van der Waals surface area contributed by atoms with E-state index in [-0.39, 0.29) is 5.56 Å². The maximum atomic E-state index is 12.1. The van der Waals surface area contributed by atoms with Crippen LogP contribution in [0.25, 0.3) is 16.7 Å². The maximum Gasteiger partial charge on any atom is 0.255 e. The first kappa shape index (κ1) is 23.2. The van der Waals surface area contributed by atoms with Crippen LogP contribution in [0.3, 0.4) is 0 Å². The lowest BCUT2D eigenvalue weighted by molar-refractivity contribution is 0.599. The van der Waals surface area contributed by atoms with Crippen molar-refractivity contribution in [1.29, 1.82) is 0 Å². The molecule has 0 saturated carbocycles. The molecule has 36 heavy (non-hydrogen) atoms. The summed E-state index contributed by atoms with van der Waals surface area (Å²) in [6.07, 6.45) is 8.04. The lowest BCUT2D eigenvalue weighted by Crippen LogP contribution is -2.27. The molecule has 1 N–H and O–H groups in total. The fourth-order valence-corrected chi connectivity index (χ4v) is 4.29. The van der Waals surface area contributed by atoms with Gasteiger partial charge in [-0.25, -0.2) is 18.4 Å². The number of aromatic nitrogens is 5. The van der Waals surface area contributed by atoms with Gasteiger partial charge in [-0.1, -0.05) is 12.1 Å². The minimum absolute atomic E-state index is 0.104. The van der Waals surface area contributed by atoms with Crippen LogP contribution in [0.2, 0.25) is 0 Å². The van der Waals surface area contributed by atoms with Gasteiger partial charge in [-0.2, -0.15) is 4.98 Å². The van der Waals surface area contributed by atoms with Gasteiger partial charge in [-0.3, -0.25) is 13.7 Å². The average molecular weight is 502 g/mol. The molecule has 5 rings (SSSR count). The molecule has 10 nitrogen and oxygen atoms in total. The molecule has 0 atom stereocenters. The molecule has 0 fully saturated rings. The summed E-state index contributed by atoms with van der Waals surface area (Å²) in [6, 6.07) is 17.9. The fourth-order valence-electron chi connectivity index (χ4n) is 3.81. The van der Waals surface area contributed by atoms with Crippen LogP contribution in [-0.4, -0.2) is 45.8 Å². The zero-order valence-electron chi connectivity index (χ0n) is 19.6. The Morgan fingerprint density at radius 3 is 2.53 bits per heavy atom. The third-order valence-electron chi connectivity index (χ3n) is 5.73. The van der Waals surface area contributed by atoms with E-state index in [1.165, 1.54) is 17.4 Å². The Bertz CT molecular complexity index is 1710. The van der Waals surface area contributed by atoms with Crippen LogP contribution in [0, 0.1) is 0 Å². The summed E-state index contributed by atoms with van der Waals surface area (Å²) in [5.74, 6) is 0.776. The molecule has 5 aromatic rings. The number of anilines is 3. The van der Waals surface area contributed by atoms with E-state index in [1.54, 1.807) is 41.4 Å². The summed E-state index contributed by atoms with van der Waals surface area (Å²) >= 11 is 0.